The third kappa shape index (κ3) is 4.86. The Balaban J connectivity index is 2.81. The molecule has 0 bridgehead atoms. The van der Waals surface area contributed by atoms with Crippen LogP contribution in [0, 0.1) is 6.92 Å². The zero-order chi connectivity index (χ0) is 15.8. The topological polar surface area (TPSA) is 79.4 Å². The molecule has 1 aromatic rings. The molecular weight excluding hydrogens is 270 g/mol. The highest BCUT2D eigenvalue weighted by atomic mass is 16.5. The monoisotopic (exact) mass is 295 g/mol. The molecule has 0 radical (unpaired) electrons. The maximum absolute atomic E-state index is 11.9. The minimum atomic E-state index is -0.0587. The van der Waals surface area contributed by atoms with Crippen LogP contribution in [-0.4, -0.2) is 56.8 Å². The third-order valence-electron chi connectivity index (χ3n) is 3.09. The molecule has 0 saturated heterocycles. The maximum atomic E-state index is 11.9. The maximum Gasteiger partial charge on any atom is 0.239 e. The molecule has 0 fully saturated rings. The Morgan fingerprint density at radius 3 is 2.67 bits per heavy atom. The van der Waals surface area contributed by atoms with Crippen molar-refractivity contribution in [1.29, 1.82) is 0 Å². The van der Waals surface area contributed by atoms with Crippen molar-refractivity contribution in [2.24, 2.45) is 0 Å². The van der Waals surface area contributed by atoms with Gasteiger partial charge in [-0.3, -0.25) is 4.79 Å². The first kappa shape index (κ1) is 17.2. The van der Waals surface area contributed by atoms with Gasteiger partial charge in [-0.15, -0.1) is 0 Å². The molecule has 1 heterocycles. The quantitative estimate of drug-likeness (QED) is 0.683. The molecular formula is C14H25N5O2. The minimum Gasteiger partial charge on any atom is -0.383 e. The normalized spacial score (nSPS) is 10.3. The van der Waals surface area contributed by atoms with Gasteiger partial charge < -0.3 is 20.3 Å². The van der Waals surface area contributed by atoms with Crippen molar-refractivity contribution in [2.75, 3.05) is 51.1 Å². The van der Waals surface area contributed by atoms with Crippen LogP contribution in [0.5, 0.6) is 0 Å². The van der Waals surface area contributed by atoms with Crippen LogP contribution in [-0.2, 0) is 16.0 Å². The smallest absolute Gasteiger partial charge is 0.239 e. The summed E-state index contributed by atoms with van der Waals surface area (Å²) in [7, 11) is 5.29. The highest BCUT2D eigenvalue weighted by molar-refractivity contribution is 5.81. The number of hydrogen-bond donors (Lipinski definition) is 2. The van der Waals surface area contributed by atoms with E-state index >= 15 is 0 Å². The number of amides is 1. The Bertz CT molecular complexity index is 479. The van der Waals surface area contributed by atoms with Crippen LogP contribution >= 0.6 is 0 Å². The summed E-state index contributed by atoms with van der Waals surface area (Å²) in [6, 6.07) is 0. The van der Waals surface area contributed by atoms with Crippen LogP contribution in [0.15, 0.2) is 0 Å². The number of aryl methyl sites for hydroxylation is 1. The first-order valence-electron chi connectivity index (χ1n) is 7.05. The average molecular weight is 295 g/mol. The van der Waals surface area contributed by atoms with Gasteiger partial charge in [-0.2, -0.15) is 0 Å². The van der Waals surface area contributed by atoms with Crippen LogP contribution in [0.3, 0.4) is 0 Å². The molecule has 0 aliphatic carbocycles. The summed E-state index contributed by atoms with van der Waals surface area (Å²) < 4.78 is 4.90. The number of methoxy groups -OCH3 is 1. The lowest BCUT2D eigenvalue weighted by atomic mass is 10.2. The van der Waals surface area contributed by atoms with Crippen LogP contribution < -0.4 is 15.5 Å². The summed E-state index contributed by atoms with van der Waals surface area (Å²) in [6.07, 6.45) is 0.746. The van der Waals surface area contributed by atoms with E-state index in [4.69, 9.17) is 4.74 Å². The van der Waals surface area contributed by atoms with E-state index in [1.54, 1.807) is 7.11 Å². The fourth-order valence-corrected chi connectivity index (χ4v) is 1.96. The summed E-state index contributed by atoms with van der Waals surface area (Å²) >= 11 is 0. The third-order valence-corrected chi connectivity index (χ3v) is 3.09. The number of nitrogens with zero attached hydrogens (tertiary/aromatic N) is 3. The zero-order valence-electron chi connectivity index (χ0n) is 13.5. The van der Waals surface area contributed by atoms with E-state index in [1.165, 1.54) is 0 Å². The summed E-state index contributed by atoms with van der Waals surface area (Å²) in [6.45, 7) is 5.21. The zero-order valence-corrected chi connectivity index (χ0v) is 13.5. The number of rotatable bonds is 8. The molecule has 2 N–H and O–H groups in total. The number of likely N-dealkylation sites (N-methyl/N-ethyl adjacent to an activating group) is 1. The van der Waals surface area contributed by atoms with Gasteiger partial charge in [0.05, 0.1) is 13.2 Å². The largest absolute Gasteiger partial charge is 0.383 e. The lowest BCUT2D eigenvalue weighted by Gasteiger charge is -2.21. The molecule has 1 amide bonds. The number of aromatic nitrogens is 2. The van der Waals surface area contributed by atoms with Gasteiger partial charge in [-0.1, -0.05) is 6.92 Å². The SMILES string of the molecule is CCc1nc(NC)c(C)c(N(C)CC(=O)NCCOC)n1. The van der Waals surface area contributed by atoms with E-state index in [2.05, 4.69) is 20.6 Å². The van der Waals surface area contributed by atoms with Crippen LogP contribution in [0.2, 0.25) is 0 Å². The number of carbonyl (C=O) groups excluding carboxylic acids is 1. The fourth-order valence-electron chi connectivity index (χ4n) is 1.96. The van der Waals surface area contributed by atoms with Gasteiger partial charge in [0, 0.05) is 39.7 Å². The van der Waals surface area contributed by atoms with Crippen molar-refractivity contribution in [1.82, 2.24) is 15.3 Å². The Kier molecular flexibility index (Phi) is 6.87. The summed E-state index contributed by atoms with van der Waals surface area (Å²) in [4.78, 5) is 22.6. The number of ether oxygens (including phenoxy) is 1. The number of nitrogens with one attached hydrogen (secondary N) is 2. The molecule has 0 aliphatic rings. The molecule has 21 heavy (non-hydrogen) atoms. The molecule has 7 nitrogen and oxygen atoms in total. The lowest BCUT2D eigenvalue weighted by Crippen LogP contribution is -2.37. The van der Waals surface area contributed by atoms with Crippen molar-refractivity contribution in [3.05, 3.63) is 11.4 Å². The van der Waals surface area contributed by atoms with Gasteiger partial charge in [0.15, 0.2) is 0 Å². The summed E-state index contributed by atoms with van der Waals surface area (Å²) in [5, 5.41) is 5.86. The first-order chi connectivity index (χ1) is 10.0. The number of anilines is 2. The Hall–Kier alpha value is -1.89. The summed E-state index contributed by atoms with van der Waals surface area (Å²) in [5.74, 6) is 2.26. The van der Waals surface area contributed by atoms with Crippen LogP contribution in [0.4, 0.5) is 11.6 Å². The van der Waals surface area contributed by atoms with Gasteiger partial charge in [-0.05, 0) is 6.92 Å². The van der Waals surface area contributed by atoms with Crippen molar-refractivity contribution < 1.29 is 9.53 Å². The Morgan fingerprint density at radius 1 is 1.38 bits per heavy atom. The molecule has 0 saturated carbocycles. The van der Waals surface area contributed by atoms with E-state index in [0.717, 1.165) is 29.4 Å². The highest BCUT2D eigenvalue weighted by Crippen LogP contribution is 2.22. The molecule has 0 atom stereocenters. The average Bonchev–Trinajstić information content (AvgIpc) is 2.47. The van der Waals surface area contributed by atoms with E-state index < -0.39 is 0 Å². The van der Waals surface area contributed by atoms with Gasteiger partial charge >= 0.3 is 0 Å². The second-order valence-electron chi connectivity index (χ2n) is 4.74. The van der Waals surface area contributed by atoms with Crippen molar-refractivity contribution in [2.45, 2.75) is 20.3 Å². The minimum absolute atomic E-state index is 0.0587. The standard InChI is InChI=1S/C14H25N5O2/c1-6-11-17-13(15-3)10(2)14(18-11)19(4)9-12(20)16-7-8-21-5/h6-9H2,1-5H3,(H,16,20)(H,15,17,18). The van der Waals surface area contributed by atoms with E-state index in [9.17, 15) is 4.79 Å². The first-order valence-corrected chi connectivity index (χ1v) is 7.05. The molecule has 0 aliphatic heterocycles. The predicted molar refractivity (Wildman–Crippen MR) is 83.8 cm³/mol. The fraction of sp³-hybridized carbons (Fsp3) is 0.643. The van der Waals surface area contributed by atoms with Gasteiger partial charge in [0.1, 0.15) is 17.5 Å². The second kappa shape index (κ2) is 8.41. The van der Waals surface area contributed by atoms with Crippen molar-refractivity contribution in [3.63, 3.8) is 0 Å². The highest BCUT2D eigenvalue weighted by Gasteiger charge is 2.15. The van der Waals surface area contributed by atoms with Gasteiger partial charge in [0.2, 0.25) is 5.91 Å². The second-order valence-corrected chi connectivity index (χ2v) is 4.74. The molecule has 0 aromatic carbocycles. The molecule has 1 aromatic heterocycles. The number of carbonyl (C=O) groups is 1. The number of hydrogen-bond acceptors (Lipinski definition) is 6. The van der Waals surface area contributed by atoms with E-state index in [0.29, 0.717) is 13.2 Å². The van der Waals surface area contributed by atoms with Gasteiger partial charge in [-0.25, -0.2) is 9.97 Å². The predicted octanol–water partition coefficient (Wildman–Crippen LogP) is 0.588. The Morgan fingerprint density at radius 2 is 2.10 bits per heavy atom. The molecule has 7 heteroatoms. The molecule has 0 unspecified atom stereocenters. The lowest BCUT2D eigenvalue weighted by molar-refractivity contribution is -0.119. The van der Waals surface area contributed by atoms with E-state index in [1.807, 2.05) is 32.8 Å². The molecule has 1 rings (SSSR count). The van der Waals surface area contributed by atoms with Crippen LogP contribution in [0.25, 0.3) is 0 Å². The Labute approximate surface area is 126 Å². The van der Waals surface area contributed by atoms with Gasteiger partial charge in [0.25, 0.3) is 0 Å². The molecule has 118 valence electrons. The summed E-state index contributed by atoms with van der Waals surface area (Å²) in [5.41, 5.74) is 0.932. The molecule has 0 spiro atoms. The van der Waals surface area contributed by atoms with Crippen molar-refractivity contribution >= 4 is 17.5 Å². The van der Waals surface area contributed by atoms with E-state index in [-0.39, 0.29) is 12.5 Å². The van der Waals surface area contributed by atoms with Crippen molar-refractivity contribution in [3.8, 4) is 0 Å². The van der Waals surface area contributed by atoms with Crippen LogP contribution in [0.1, 0.15) is 18.3 Å².